The van der Waals surface area contributed by atoms with Gasteiger partial charge in [-0.05, 0) is 19.4 Å². The summed E-state index contributed by atoms with van der Waals surface area (Å²) in [5, 5.41) is 0. The zero-order chi connectivity index (χ0) is 10.3. The van der Waals surface area contributed by atoms with Crippen LogP contribution in [0.4, 0.5) is 0 Å². The Morgan fingerprint density at radius 3 is 2.46 bits per heavy atom. The fourth-order valence-corrected chi connectivity index (χ4v) is 0.632. The van der Waals surface area contributed by atoms with Crippen LogP contribution in [-0.4, -0.2) is 18.5 Å². The van der Waals surface area contributed by atoms with E-state index in [0.717, 1.165) is 0 Å². The average Bonchev–Trinajstić information content (AvgIpc) is 2.01. The summed E-state index contributed by atoms with van der Waals surface area (Å²) in [6, 6.07) is 0. The molecule has 0 fully saturated rings. The Labute approximate surface area is 77.1 Å². The molecule has 1 amide bonds. The van der Waals surface area contributed by atoms with E-state index in [0.29, 0.717) is 12.2 Å². The van der Waals surface area contributed by atoms with Crippen molar-refractivity contribution in [1.82, 2.24) is 0 Å². The van der Waals surface area contributed by atoms with Crippen molar-refractivity contribution in [2.75, 3.05) is 6.61 Å². The summed E-state index contributed by atoms with van der Waals surface area (Å²) in [5.74, 6) is -0.967. The highest BCUT2D eigenvalue weighted by molar-refractivity contribution is 5.87. The second-order valence-corrected chi connectivity index (χ2v) is 2.38. The molecule has 13 heavy (non-hydrogen) atoms. The van der Waals surface area contributed by atoms with Gasteiger partial charge in [0.2, 0.25) is 5.91 Å². The lowest BCUT2D eigenvalue weighted by atomic mass is 10.2. The molecule has 0 radical (unpaired) electrons. The van der Waals surface area contributed by atoms with Crippen molar-refractivity contribution in [1.29, 1.82) is 0 Å². The zero-order valence-electron chi connectivity index (χ0n) is 7.74. The Morgan fingerprint density at radius 1 is 1.38 bits per heavy atom. The normalized spacial score (nSPS) is 11.7. The first kappa shape index (κ1) is 11.4. The van der Waals surface area contributed by atoms with Gasteiger partial charge in [0.15, 0.2) is 0 Å². The first-order valence-corrected chi connectivity index (χ1v) is 3.88. The standard InChI is InChI=1S/C9H13NO3/c1-3-13-9(12)6-7(2)4-5-8(10)11/h4-6H,3H2,1-2H3,(H2,10,11)/b5-4+,7-6+. The first-order chi connectivity index (χ1) is 6.06. The number of hydrogen-bond donors (Lipinski definition) is 1. The van der Waals surface area contributed by atoms with Crippen LogP contribution in [0.5, 0.6) is 0 Å². The monoisotopic (exact) mass is 183 g/mol. The van der Waals surface area contributed by atoms with E-state index in [9.17, 15) is 9.59 Å². The fraction of sp³-hybridized carbons (Fsp3) is 0.333. The highest BCUT2D eigenvalue weighted by Gasteiger charge is 1.95. The molecule has 0 rings (SSSR count). The predicted molar refractivity (Wildman–Crippen MR) is 48.7 cm³/mol. The van der Waals surface area contributed by atoms with E-state index < -0.39 is 11.9 Å². The maximum absolute atomic E-state index is 10.8. The van der Waals surface area contributed by atoms with Crippen molar-refractivity contribution in [3.05, 3.63) is 23.8 Å². The topological polar surface area (TPSA) is 69.4 Å². The molecule has 0 unspecified atom stereocenters. The molecule has 0 aliphatic heterocycles. The molecule has 0 saturated carbocycles. The highest BCUT2D eigenvalue weighted by atomic mass is 16.5. The molecular weight excluding hydrogens is 170 g/mol. The second kappa shape index (κ2) is 5.99. The molecule has 0 aromatic heterocycles. The molecule has 0 aromatic carbocycles. The molecule has 0 heterocycles. The summed E-state index contributed by atoms with van der Waals surface area (Å²) < 4.78 is 4.65. The van der Waals surface area contributed by atoms with Crippen LogP contribution in [-0.2, 0) is 14.3 Å². The Kier molecular flexibility index (Phi) is 5.27. The van der Waals surface area contributed by atoms with E-state index in [1.165, 1.54) is 18.2 Å². The van der Waals surface area contributed by atoms with Crippen molar-refractivity contribution < 1.29 is 14.3 Å². The van der Waals surface area contributed by atoms with E-state index in [2.05, 4.69) is 4.74 Å². The lowest BCUT2D eigenvalue weighted by molar-refractivity contribution is -0.137. The van der Waals surface area contributed by atoms with E-state index in [1.54, 1.807) is 13.8 Å². The lowest BCUT2D eigenvalue weighted by Crippen LogP contribution is -2.05. The summed E-state index contributed by atoms with van der Waals surface area (Å²) in [7, 11) is 0. The smallest absolute Gasteiger partial charge is 0.330 e. The number of nitrogens with two attached hydrogens (primary N) is 1. The fourth-order valence-electron chi connectivity index (χ4n) is 0.632. The summed E-state index contributed by atoms with van der Waals surface area (Å²) in [4.78, 5) is 21.2. The van der Waals surface area contributed by atoms with Gasteiger partial charge in [-0.3, -0.25) is 4.79 Å². The number of esters is 1. The van der Waals surface area contributed by atoms with Crippen molar-refractivity contribution in [3.8, 4) is 0 Å². The molecule has 0 saturated heterocycles. The number of carbonyl (C=O) groups excluding carboxylic acids is 2. The Hall–Kier alpha value is -1.58. The van der Waals surface area contributed by atoms with E-state index >= 15 is 0 Å². The van der Waals surface area contributed by atoms with Gasteiger partial charge < -0.3 is 10.5 Å². The molecule has 4 nitrogen and oxygen atoms in total. The van der Waals surface area contributed by atoms with Crippen LogP contribution >= 0.6 is 0 Å². The molecule has 0 spiro atoms. The van der Waals surface area contributed by atoms with Gasteiger partial charge in [-0.15, -0.1) is 0 Å². The molecule has 0 aliphatic rings. The van der Waals surface area contributed by atoms with Crippen molar-refractivity contribution in [2.45, 2.75) is 13.8 Å². The average molecular weight is 183 g/mol. The van der Waals surface area contributed by atoms with E-state index in [4.69, 9.17) is 5.73 Å². The SMILES string of the molecule is CCOC(=O)/C=C(C)/C=C/C(N)=O. The third kappa shape index (κ3) is 6.80. The molecule has 0 aliphatic carbocycles. The van der Waals surface area contributed by atoms with Gasteiger partial charge in [0.05, 0.1) is 6.61 Å². The number of carbonyl (C=O) groups is 2. The number of allylic oxidation sites excluding steroid dienone is 2. The molecule has 0 aromatic rings. The summed E-state index contributed by atoms with van der Waals surface area (Å²) in [5.41, 5.74) is 5.48. The number of amides is 1. The van der Waals surface area contributed by atoms with Crippen LogP contribution in [0.2, 0.25) is 0 Å². The van der Waals surface area contributed by atoms with Gasteiger partial charge in [-0.25, -0.2) is 4.79 Å². The Morgan fingerprint density at radius 2 is 2.00 bits per heavy atom. The van der Waals surface area contributed by atoms with Gasteiger partial charge in [0, 0.05) is 12.2 Å². The van der Waals surface area contributed by atoms with Crippen LogP contribution in [0, 0.1) is 0 Å². The van der Waals surface area contributed by atoms with Crippen molar-refractivity contribution >= 4 is 11.9 Å². The number of hydrogen-bond acceptors (Lipinski definition) is 3. The highest BCUT2D eigenvalue weighted by Crippen LogP contribution is 1.95. The zero-order valence-corrected chi connectivity index (χ0v) is 7.74. The molecule has 4 heteroatoms. The Balaban J connectivity index is 4.16. The van der Waals surface area contributed by atoms with Crippen molar-refractivity contribution in [2.24, 2.45) is 5.73 Å². The maximum Gasteiger partial charge on any atom is 0.330 e. The predicted octanol–water partition coefficient (Wildman–Crippen LogP) is 0.537. The minimum absolute atomic E-state index is 0.335. The van der Waals surface area contributed by atoms with Gasteiger partial charge in [0.25, 0.3) is 0 Å². The largest absolute Gasteiger partial charge is 0.463 e. The van der Waals surface area contributed by atoms with Crippen molar-refractivity contribution in [3.63, 3.8) is 0 Å². The molecule has 0 bridgehead atoms. The summed E-state index contributed by atoms with van der Waals surface area (Å²) in [6.07, 6.45) is 3.94. The van der Waals surface area contributed by atoms with Gasteiger partial charge >= 0.3 is 5.97 Å². The van der Waals surface area contributed by atoms with E-state index in [-0.39, 0.29) is 0 Å². The second-order valence-electron chi connectivity index (χ2n) is 2.38. The van der Waals surface area contributed by atoms with Gasteiger partial charge in [-0.2, -0.15) is 0 Å². The van der Waals surface area contributed by atoms with Crippen LogP contribution < -0.4 is 5.73 Å². The summed E-state index contributed by atoms with van der Waals surface area (Å²) in [6.45, 7) is 3.73. The van der Waals surface area contributed by atoms with Crippen LogP contribution in [0.15, 0.2) is 23.8 Å². The summed E-state index contributed by atoms with van der Waals surface area (Å²) >= 11 is 0. The Bertz CT molecular complexity index is 254. The third-order valence-corrected chi connectivity index (χ3v) is 1.14. The van der Waals surface area contributed by atoms with Crippen LogP contribution in [0.25, 0.3) is 0 Å². The lowest BCUT2D eigenvalue weighted by Gasteiger charge is -1.95. The number of ether oxygens (including phenoxy) is 1. The molecule has 72 valence electrons. The number of rotatable bonds is 4. The van der Waals surface area contributed by atoms with Crippen LogP contribution in [0.1, 0.15) is 13.8 Å². The minimum Gasteiger partial charge on any atom is -0.463 e. The van der Waals surface area contributed by atoms with Gasteiger partial charge in [-0.1, -0.05) is 6.08 Å². The minimum atomic E-state index is -0.545. The molecule has 0 atom stereocenters. The quantitative estimate of drug-likeness (QED) is 0.393. The first-order valence-electron chi connectivity index (χ1n) is 3.88. The molecule has 2 N–H and O–H groups in total. The number of primary amides is 1. The third-order valence-electron chi connectivity index (χ3n) is 1.14. The van der Waals surface area contributed by atoms with E-state index in [1.807, 2.05) is 0 Å². The maximum atomic E-state index is 10.8. The molecular formula is C9H13NO3. The van der Waals surface area contributed by atoms with Gasteiger partial charge in [0.1, 0.15) is 0 Å². The van der Waals surface area contributed by atoms with Crippen LogP contribution in [0.3, 0.4) is 0 Å².